The van der Waals surface area contributed by atoms with Gasteiger partial charge >= 0.3 is 0 Å². The maximum atomic E-state index is 11.7. The molecule has 4 heteroatoms. The highest BCUT2D eigenvalue weighted by molar-refractivity contribution is 5.84. The Morgan fingerprint density at radius 2 is 1.81 bits per heavy atom. The quantitative estimate of drug-likeness (QED) is 0.776. The molecule has 2 amide bonds. The first-order valence-corrected chi connectivity index (χ1v) is 6.23. The topological polar surface area (TPSA) is 49.4 Å². The second kappa shape index (κ2) is 4.85. The lowest BCUT2D eigenvalue weighted by atomic mass is 10.2. The molecule has 16 heavy (non-hydrogen) atoms. The molecular weight excluding hydrogens is 204 g/mol. The molecule has 2 saturated carbocycles. The molecule has 2 aliphatic rings. The molecule has 0 aromatic carbocycles. The van der Waals surface area contributed by atoms with E-state index in [9.17, 15) is 9.59 Å². The van der Waals surface area contributed by atoms with E-state index in [1.807, 2.05) is 0 Å². The van der Waals surface area contributed by atoms with Gasteiger partial charge < -0.3 is 10.2 Å². The van der Waals surface area contributed by atoms with Gasteiger partial charge in [0, 0.05) is 19.0 Å². The van der Waals surface area contributed by atoms with Gasteiger partial charge in [-0.25, -0.2) is 0 Å². The van der Waals surface area contributed by atoms with Crippen molar-refractivity contribution in [2.45, 2.75) is 57.5 Å². The fraction of sp³-hybridized carbons (Fsp3) is 0.833. The molecule has 0 heterocycles. The molecule has 2 aliphatic carbocycles. The van der Waals surface area contributed by atoms with Crippen LogP contribution >= 0.6 is 0 Å². The standard InChI is InChI=1S/C12H20N2O2/c1-9(15)14(11-6-7-11)8-12(16)13-10-4-2-3-5-10/h10-11H,2-8H2,1H3,(H,13,16). The predicted octanol–water partition coefficient (Wildman–Crippen LogP) is 1.06. The van der Waals surface area contributed by atoms with Crippen molar-refractivity contribution >= 4 is 11.8 Å². The zero-order chi connectivity index (χ0) is 11.5. The Labute approximate surface area is 96.4 Å². The highest BCUT2D eigenvalue weighted by Crippen LogP contribution is 2.26. The van der Waals surface area contributed by atoms with Gasteiger partial charge in [0.1, 0.15) is 0 Å². The summed E-state index contributed by atoms with van der Waals surface area (Å²) in [4.78, 5) is 24.8. The first kappa shape index (κ1) is 11.4. The van der Waals surface area contributed by atoms with Crippen molar-refractivity contribution in [1.82, 2.24) is 10.2 Å². The van der Waals surface area contributed by atoms with E-state index in [0.717, 1.165) is 25.7 Å². The van der Waals surface area contributed by atoms with Crippen LogP contribution in [0.2, 0.25) is 0 Å². The van der Waals surface area contributed by atoms with Gasteiger partial charge in [-0.05, 0) is 25.7 Å². The molecule has 2 fully saturated rings. The molecule has 1 N–H and O–H groups in total. The average molecular weight is 224 g/mol. The maximum Gasteiger partial charge on any atom is 0.239 e. The summed E-state index contributed by atoms with van der Waals surface area (Å²) in [6, 6.07) is 0.673. The molecule has 0 saturated heterocycles. The van der Waals surface area contributed by atoms with Gasteiger partial charge in [0.15, 0.2) is 0 Å². The first-order valence-electron chi connectivity index (χ1n) is 6.23. The monoisotopic (exact) mass is 224 g/mol. The molecule has 0 spiro atoms. The summed E-state index contributed by atoms with van der Waals surface area (Å²) in [5.41, 5.74) is 0. The van der Waals surface area contributed by atoms with Crippen LogP contribution in [0.4, 0.5) is 0 Å². The van der Waals surface area contributed by atoms with Crippen molar-refractivity contribution in [3.05, 3.63) is 0 Å². The van der Waals surface area contributed by atoms with Crippen LogP contribution in [0.1, 0.15) is 45.4 Å². The van der Waals surface area contributed by atoms with E-state index in [1.54, 1.807) is 11.8 Å². The van der Waals surface area contributed by atoms with Crippen molar-refractivity contribution in [2.24, 2.45) is 0 Å². The van der Waals surface area contributed by atoms with Crippen LogP contribution < -0.4 is 5.32 Å². The van der Waals surface area contributed by atoms with Gasteiger partial charge in [-0.15, -0.1) is 0 Å². The Kier molecular flexibility index (Phi) is 3.46. The van der Waals surface area contributed by atoms with Crippen molar-refractivity contribution in [1.29, 1.82) is 0 Å². The van der Waals surface area contributed by atoms with E-state index >= 15 is 0 Å². The molecule has 0 radical (unpaired) electrons. The number of nitrogens with zero attached hydrogens (tertiary/aromatic N) is 1. The molecule has 90 valence electrons. The zero-order valence-electron chi connectivity index (χ0n) is 9.87. The minimum Gasteiger partial charge on any atom is -0.352 e. The van der Waals surface area contributed by atoms with Crippen LogP contribution in [0.5, 0.6) is 0 Å². The van der Waals surface area contributed by atoms with Crippen molar-refractivity contribution in [3.63, 3.8) is 0 Å². The summed E-state index contributed by atoms with van der Waals surface area (Å²) >= 11 is 0. The molecular formula is C12H20N2O2. The SMILES string of the molecule is CC(=O)N(CC(=O)NC1CCCC1)C1CC1. The highest BCUT2D eigenvalue weighted by atomic mass is 16.2. The van der Waals surface area contributed by atoms with E-state index in [1.165, 1.54) is 12.8 Å². The second-order valence-electron chi connectivity index (χ2n) is 4.93. The Balaban J connectivity index is 1.77. The molecule has 4 nitrogen and oxygen atoms in total. The lowest BCUT2D eigenvalue weighted by molar-refractivity contribution is -0.135. The molecule has 0 atom stereocenters. The van der Waals surface area contributed by atoms with Crippen molar-refractivity contribution in [2.75, 3.05) is 6.54 Å². The summed E-state index contributed by atoms with van der Waals surface area (Å²) in [5.74, 6) is 0.0260. The molecule has 0 bridgehead atoms. The first-order chi connectivity index (χ1) is 7.66. The third-order valence-electron chi connectivity index (χ3n) is 3.43. The predicted molar refractivity (Wildman–Crippen MR) is 60.8 cm³/mol. The largest absolute Gasteiger partial charge is 0.352 e. The number of hydrogen-bond acceptors (Lipinski definition) is 2. The van der Waals surface area contributed by atoms with E-state index < -0.39 is 0 Å². The number of carbonyl (C=O) groups excluding carboxylic acids is 2. The third-order valence-corrected chi connectivity index (χ3v) is 3.43. The zero-order valence-corrected chi connectivity index (χ0v) is 9.87. The van der Waals surface area contributed by atoms with Gasteiger partial charge in [-0.2, -0.15) is 0 Å². The van der Waals surface area contributed by atoms with Crippen LogP contribution in [-0.2, 0) is 9.59 Å². The summed E-state index contributed by atoms with van der Waals surface area (Å²) in [7, 11) is 0. The van der Waals surface area contributed by atoms with Crippen LogP contribution in [0, 0.1) is 0 Å². The average Bonchev–Trinajstić information content (AvgIpc) is 2.94. The summed E-state index contributed by atoms with van der Waals surface area (Å²) in [5, 5.41) is 3.01. The van der Waals surface area contributed by atoms with Gasteiger partial charge in [0.2, 0.25) is 11.8 Å². The number of rotatable bonds is 4. The number of hydrogen-bond donors (Lipinski definition) is 1. The third kappa shape index (κ3) is 2.97. The molecule has 0 aliphatic heterocycles. The van der Waals surface area contributed by atoms with E-state index in [2.05, 4.69) is 5.32 Å². The number of nitrogens with one attached hydrogen (secondary N) is 1. The lowest BCUT2D eigenvalue weighted by Crippen LogP contribution is -2.43. The second-order valence-corrected chi connectivity index (χ2v) is 4.93. The lowest BCUT2D eigenvalue weighted by Gasteiger charge is -2.21. The maximum absolute atomic E-state index is 11.7. The molecule has 0 unspecified atom stereocenters. The summed E-state index contributed by atoms with van der Waals surface area (Å²) in [6.07, 6.45) is 6.71. The fourth-order valence-corrected chi connectivity index (χ4v) is 2.38. The summed E-state index contributed by atoms with van der Waals surface area (Å²) in [6.45, 7) is 1.79. The molecule has 0 aromatic heterocycles. The van der Waals surface area contributed by atoms with E-state index in [0.29, 0.717) is 12.1 Å². The smallest absolute Gasteiger partial charge is 0.239 e. The number of carbonyl (C=O) groups is 2. The van der Waals surface area contributed by atoms with Crippen LogP contribution in [-0.4, -0.2) is 35.3 Å². The van der Waals surface area contributed by atoms with E-state index in [4.69, 9.17) is 0 Å². The Morgan fingerprint density at radius 1 is 1.19 bits per heavy atom. The van der Waals surface area contributed by atoms with Crippen LogP contribution in [0.3, 0.4) is 0 Å². The van der Waals surface area contributed by atoms with Gasteiger partial charge in [0.05, 0.1) is 6.54 Å². The van der Waals surface area contributed by atoms with Gasteiger partial charge in [-0.1, -0.05) is 12.8 Å². The van der Waals surface area contributed by atoms with E-state index in [-0.39, 0.29) is 18.4 Å². The van der Waals surface area contributed by atoms with Gasteiger partial charge in [-0.3, -0.25) is 9.59 Å². The van der Waals surface area contributed by atoms with Crippen LogP contribution in [0.25, 0.3) is 0 Å². The fourth-order valence-electron chi connectivity index (χ4n) is 2.38. The Hall–Kier alpha value is -1.06. The molecule has 2 rings (SSSR count). The molecule has 0 aromatic rings. The van der Waals surface area contributed by atoms with Gasteiger partial charge in [0.25, 0.3) is 0 Å². The minimum atomic E-state index is 0.00833. The van der Waals surface area contributed by atoms with Crippen molar-refractivity contribution in [3.8, 4) is 0 Å². The highest BCUT2D eigenvalue weighted by Gasteiger charge is 2.32. The normalized spacial score (nSPS) is 20.8. The minimum absolute atomic E-state index is 0.00833. The number of amides is 2. The van der Waals surface area contributed by atoms with Crippen molar-refractivity contribution < 1.29 is 9.59 Å². The summed E-state index contributed by atoms with van der Waals surface area (Å²) < 4.78 is 0. The Morgan fingerprint density at radius 3 is 2.31 bits per heavy atom. The van der Waals surface area contributed by atoms with Crippen LogP contribution in [0.15, 0.2) is 0 Å². The Bertz CT molecular complexity index is 281.